The van der Waals surface area contributed by atoms with Crippen LogP contribution >= 0.6 is 12.2 Å². The van der Waals surface area contributed by atoms with Crippen molar-refractivity contribution < 1.29 is 9.59 Å². The Morgan fingerprint density at radius 1 is 0.825 bits per heavy atom. The molecule has 0 unspecified atom stereocenters. The average Bonchev–Trinajstić information content (AvgIpc) is 3.50. The van der Waals surface area contributed by atoms with Gasteiger partial charge in [-0.1, -0.05) is 0 Å². The Kier molecular flexibility index (Phi) is 5.59. The normalized spacial score (nSPS) is 17.1. The van der Waals surface area contributed by atoms with Gasteiger partial charge in [0.05, 0.1) is 0 Å². The van der Waals surface area contributed by atoms with E-state index in [0.717, 1.165) is 16.5 Å². The van der Waals surface area contributed by atoms with Crippen LogP contribution in [0.3, 0.4) is 0 Å². The fourth-order valence-electron chi connectivity index (χ4n) is 6.25. The van der Waals surface area contributed by atoms with Crippen molar-refractivity contribution in [1.29, 1.82) is 0 Å². The number of anilines is 3. The van der Waals surface area contributed by atoms with Gasteiger partial charge in [0, 0.05) is 0 Å². The fourth-order valence-corrected chi connectivity index (χ4v) is 8.81. The maximum atomic E-state index is 12.8. The number of hydrogen-bond donors (Lipinski definition) is 0. The van der Waals surface area contributed by atoms with Gasteiger partial charge in [-0.15, -0.1) is 0 Å². The van der Waals surface area contributed by atoms with Crippen LogP contribution in [0, 0.1) is 0 Å². The number of benzene rings is 3. The van der Waals surface area contributed by atoms with E-state index in [0.29, 0.717) is 0 Å². The van der Waals surface area contributed by atoms with Crippen LogP contribution in [0.5, 0.6) is 0 Å². The molecule has 3 aliphatic rings. The number of hydrogen-bond acceptors (Lipinski definition) is 4. The van der Waals surface area contributed by atoms with Crippen LogP contribution in [0.25, 0.3) is 17.2 Å². The Labute approximate surface area is 245 Å². The molecule has 0 spiro atoms. The van der Waals surface area contributed by atoms with Crippen LogP contribution in [0.4, 0.5) is 17.1 Å². The Bertz CT molecular complexity index is 1740. The maximum absolute atomic E-state index is 12.8. The van der Waals surface area contributed by atoms with Crippen LogP contribution in [0.2, 0.25) is 0 Å². The van der Waals surface area contributed by atoms with E-state index in [2.05, 4.69) is 91.5 Å². The topological polar surface area (TPSA) is 43.9 Å². The van der Waals surface area contributed by atoms with E-state index in [-0.39, 0.29) is 42.4 Å². The second-order valence-corrected chi connectivity index (χ2v) is 13.9. The number of rotatable bonds is 2. The van der Waals surface area contributed by atoms with E-state index < -0.39 is 0 Å². The van der Waals surface area contributed by atoms with Gasteiger partial charge in [-0.25, -0.2) is 0 Å². The molecule has 7 heteroatoms. The van der Waals surface area contributed by atoms with E-state index >= 15 is 0 Å². The Hall–Kier alpha value is -3.77. The molecule has 0 atom stereocenters. The van der Waals surface area contributed by atoms with Gasteiger partial charge in [0.25, 0.3) is 0 Å². The molecule has 1 saturated heterocycles. The zero-order valence-electron chi connectivity index (χ0n) is 22.7. The van der Waals surface area contributed by atoms with E-state index in [1.165, 1.54) is 53.4 Å². The quantitative estimate of drug-likeness (QED) is 0.106. The van der Waals surface area contributed by atoms with E-state index in [1.807, 2.05) is 0 Å². The van der Waals surface area contributed by atoms with Crippen molar-refractivity contribution in [3.63, 3.8) is 0 Å². The molecule has 2 aliphatic heterocycles. The number of likely N-dealkylation sites (N-methyl/N-ethyl adjacent to an activating group) is 2. The summed E-state index contributed by atoms with van der Waals surface area (Å²) in [5, 5.41) is 0.228. The summed E-state index contributed by atoms with van der Waals surface area (Å²) in [6.45, 7) is 4.61. The van der Waals surface area contributed by atoms with Crippen molar-refractivity contribution >= 4 is 66.8 Å². The Balaban J connectivity index is 1.27. The van der Waals surface area contributed by atoms with Gasteiger partial charge in [-0.3, -0.25) is 0 Å². The molecule has 0 saturated carbocycles. The minimum absolute atomic E-state index is 0.0471. The molecule has 1 fully saturated rings. The molecule has 1 aliphatic carbocycles. The first-order valence-corrected chi connectivity index (χ1v) is 15.4. The third-order valence-electron chi connectivity index (χ3n) is 8.38. The average molecular weight is 609 g/mol. The SMILES string of the molecule is CN1C(=O)C(=Cc2cc3c([se]2)Cc2cc(N4c5ccccc5C(C)(C)c5ccccc54)ccc2-3)C(=O)N(C)C1=S. The van der Waals surface area contributed by atoms with Gasteiger partial charge in [-0.2, -0.15) is 0 Å². The van der Waals surface area contributed by atoms with E-state index in [9.17, 15) is 9.59 Å². The Morgan fingerprint density at radius 2 is 1.43 bits per heavy atom. The third-order valence-corrected chi connectivity index (χ3v) is 11.2. The number of fused-ring (bicyclic) bond motifs is 5. The van der Waals surface area contributed by atoms with Gasteiger partial charge in [-0.05, 0) is 0 Å². The number of amides is 2. The van der Waals surface area contributed by atoms with Crippen molar-refractivity contribution in [2.45, 2.75) is 25.7 Å². The molecule has 4 aromatic rings. The van der Waals surface area contributed by atoms with Gasteiger partial charge < -0.3 is 0 Å². The molecule has 5 nitrogen and oxygen atoms in total. The standard InChI is InChI=1S/C33H27N3O2SSe/c1-33(2)25-9-5-7-11-27(25)36(28-12-8-6-10-26(28)33)20-13-14-22-19(15-20)16-29-23(22)17-21(40-29)18-24-30(37)34(3)32(39)35(4)31(24)38/h5-15,17-18H,16H2,1-4H3. The van der Waals surface area contributed by atoms with Gasteiger partial charge in [0.1, 0.15) is 0 Å². The second-order valence-electron chi connectivity index (χ2n) is 11.1. The molecular weight excluding hydrogens is 581 g/mol. The van der Waals surface area contributed by atoms with Gasteiger partial charge >= 0.3 is 246 Å². The molecule has 3 aromatic carbocycles. The molecular formula is C33H27N3O2SSe. The summed E-state index contributed by atoms with van der Waals surface area (Å²) in [7, 11) is 3.23. The van der Waals surface area contributed by atoms with Crippen molar-refractivity contribution in [3.05, 3.63) is 104 Å². The molecule has 198 valence electrons. The number of carbonyl (C=O) groups is 2. The predicted octanol–water partition coefficient (Wildman–Crippen LogP) is 6.02. The summed E-state index contributed by atoms with van der Waals surface area (Å²) in [6, 6.07) is 26.4. The van der Waals surface area contributed by atoms with E-state index in [4.69, 9.17) is 12.2 Å². The van der Waals surface area contributed by atoms with Crippen molar-refractivity contribution in [3.8, 4) is 11.1 Å². The number of carbonyl (C=O) groups excluding carboxylic acids is 2. The molecule has 7 rings (SSSR count). The molecule has 0 N–H and O–H groups in total. The summed E-state index contributed by atoms with van der Waals surface area (Å²) in [6.07, 6.45) is 2.66. The summed E-state index contributed by atoms with van der Waals surface area (Å²) < 4.78 is 2.43. The number of nitrogens with zero attached hydrogens (tertiary/aromatic N) is 3. The third kappa shape index (κ3) is 3.55. The van der Waals surface area contributed by atoms with Crippen LogP contribution in [0.1, 0.15) is 39.4 Å². The first-order valence-electron chi connectivity index (χ1n) is 13.2. The van der Waals surface area contributed by atoms with Crippen LogP contribution in [0.15, 0.2) is 78.4 Å². The molecule has 40 heavy (non-hydrogen) atoms. The summed E-state index contributed by atoms with van der Waals surface area (Å²) in [5.74, 6) is -0.681. The number of para-hydroxylation sites is 2. The van der Waals surface area contributed by atoms with Crippen molar-refractivity contribution in [2.24, 2.45) is 0 Å². The van der Waals surface area contributed by atoms with Gasteiger partial charge in [0.2, 0.25) is 0 Å². The summed E-state index contributed by atoms with van der Waals surface area (Å²) >= 11 is 5.27. The molecule has 2 amide bonds. The summed E-state index contributed by atoms with van der Waals surface area (Å²) in [4.78, 5) is 30.7. The molecule has 1 aromatic heterocycles. The molecule has 0 bridgehead atoms. The van der Waals surface area contributed by atoms with Crippen LogP contribution in [-0.2, 0) is 21.4 Å². The molecule has 0 radical (unpaired) electrons. The molecule has 3 heterocycles. The monoisotopic (exact) mass is 609 g/mol. The summed E-state index contributed by atoms with van der Waals surface area (Å²) in [5.41, 5.74) is 10.1. The zero-order chi connectivity index (χ0) is 27.9. The van der Waals surface area contributed by atoms with Crippen molar-refractivity contribution in [1.82, 2.24) is 9.80 Å². The first kappa shape index (κ1) is 25.2. The second kappa shape index (κ2) is 8.87. The van der Waals surface area contributed by atoms with Gasteiger partial charge in [0.15, 0.2) is 0 Å². The first-order chi connectivity index (χ1) is 19.2. The zero-order valence-corrected chi connectivity index (χ0v) is 25.2. The predicted molar refractivity (Wildman–Crippen MR) is 165 cm³/mol. The minimum atomic E-state index is -0.341. The van der Waals surface area contributed by atoms with Crippen LogP contribution < -0.4 is 4.90 Å². The van der Waals surface area contributed by atoms with Crippen LogP contribution in [-0.4, -0.2) is 55.3 Å². The number of thiocarbonyl (C=S) groups is 1. The Morgan fingerprint density at radius 3 is 2.05 bits per heavy atom. The van der Waals surface area contributed by atoms with E-state index in [1.54, 1.807) is 20.2 Å². The van der Waals surface area contributed by atoms with Crippen molar-refractivity contribution in [2.75, 3.05) is 19.0 Å². The fraction of sp³-hybridized carbons (Fsp3) is 0.182.